The van der Waals surface area contributed by atoms with Crippen molar-refractivity contribution in [2.45, 2.75) is 152 Å². The van der Waals surface area contributed by atoms with Crippen molar-refractivity contribution in [3.8, 4) is 23.0 Å². The number of phenols is 2. The van der Waals surface area contributed by atoms with Gasteiger partial charge in [0.1, 0.15) is 0 Å². The lowest BCUT2D eigenvalue weighted by Crippen LogP contribution is -1.98. The molecule has 0 saturated heterocycles. The molecule has 0 saturated carbocycles. The maximum Gasteiger partial charge on any atom is 0.207 e. The minimum absolute atomic E-state index is 0.00600. The van der Waals surface area contributed by atoms with Gasteiger partial charge in [-0.15, -0.1) is 6.58 Å². The number of hydrogen-bond donors (Lipinski definition) is 2. The molecular formula is C47H72O4. The molecule has 1 aromatic carbocycles. The van der Waals surface area contributed by atoms with Crippen molar-refractivity contribution in [1.82, 2.24) is 0 Å². The summed E-state index contributed by atoms with van der Waals surface area (Å²) >= 11 is 0. The first-order valence-electron chi connectivity index (χ1n) is 19.2. The molecule has 0 unspecified atom stereocenters. The zero-order valence-electron chi connectivity index (χ0n) is 34.1. The van der Waals surface area contributed by atoms with E-state index in [9.17, 15) is 10.2 Å². The van der Waals surface area contributed by atoms with Gasteiger partial charge in [0, 0.05) is 11.1 Å². The molecule has 51 heavy (non-hydrogen) atoms. The van der Waals surface area contributed by atoms with Crippen LogP contribution in [0.1, 0.15) is 149 Å². The van der Waals surface area contributed by atoms with Crippen molar-refractivity contribution in [3.63, 3.8) is 0 Å². The zero-order valence-corrected chi connectivity index (χ0v) is 34.1. The van der Waals surface area contributed by atoms with Crippen LogP contribution in [0.5, 0.6) is 23.0 Å². The molecule has 284 valence electrons. The van der Waals surface area contributed by atoms with Crippen LogP contribution in [0.2, 0.25) is 0 Å². The number of methoxy groups -OCH3 is 2. The molecule has 0 spiro atoms. The summed E-state index contributed by atoms with van der Waals surface area (Å²) in [4.78, 5) is 0. The van der Waals surface area contributed by atoms with Gasteiger partial charge in [-0.2, -0.15) is 0 Å². The largest absolute Gasteiger partial charge is 0.504 e. The average molecular weight is 701 g/mol. The molecule has 1 rings (SSSR count). The van der Waals surface area contributed by atoms with Crippen molar-refractivity contribution >= 4 is 0 Å². The van der Waals surface area contributed by atoms with E-state index in [0.717, 1.165) is 89.9 Å². The summed E-state index contributed by atoms with van der Waals surface area (Å²) in [5, 5.41) is 21.2. The highest BCUT2D eigenvalue weighted by molar-refractivity contribution is 5.66. The Hall–Kier alpha value is -3.66. The van der Waals surface area contributed by atoms with Crippen LogP contribution in [0.25, 0.3) is 0 Å². The normalized spacial score (nSPS) is 14.0. The van der Waals surface area contributed by atoms with E-state index in [1.165, 1.54) is 53.2 Å². The van der Waals surface area contributed by atoms with Crippen molar-refractivity contribution in [2.24, 2.45) is 0 Å². The quantitative estimate of drug-likeness (QED) is 0.0787. The third-order valence-electron chi connectivity index (χ3n) is 9.72. The lowest BCUT2D eigenvalue weighted by atomic mass is 9.99. The Morgan fingerprint density at radius 2 is 0.745 bits per heavy atom. The number of allylic oxidation sites excluding steroid dienone is 15. The predicted molar refractivity (Wildman–Crippen MR) is 222 cm³/mol. The average Bonchev–Trinajstić information content (AvgIpc) is 3.08. The van der Waals surface area contributed by atoms with Crippen molar-refractivity contribution in [1.29, 1.82) is 0 Å². The summed E-state index contributed by atoms with van der Waals surface area (Å²) in [7, 11) is 2.91. The van der Waals surface area contributed by atoms with Crippen LogP contribution < -0.4 is 9.47 Å². The highest BCUT2D eigenvalue weighted by atomic mass is 16.5. The maximum atomic E-state index is 10.7. The van der Waals surface area contributed by atoms with Gasteiger partial charge in [-0.3, -0.25) is 0 Å². The molecule has 0 aromatic heterocycles. The Morgan fingerprint density at radius 3 is 1.04 bits per heavy atom. The van der Waals surface area contributed by atoms with Gasteiger partial charge < -0.3 is 19.7 Å². The molecule has 0 heterocycles. The Kier molecular flexibility index (Phi) is 23.3. The number of hydrogen-bond acceptors (Lipinski definition) is 4. The Labute approximate surface area is 313 Å². The lowest BCUT2D eigenvalue weighted by molar-refractivity contribution is 0.314. The van der Waals surface area contributed by atoms with Gasteiger partial charge >= 0.3 is 0 Å². The molecule has 0 aliphatic rings. The van der Waals surface area contributed by atoms with Crippen LogP contribution in [0, 0.1) is 6.92 Å². The van der Waals surface area contributed by atoms with E-state index in [1.807, 2.05) is 6.08 Å². The molecule has 0 radical (unpaired) electrons. The molecule has 4 heteroatoms. The smallest absolute Gasteiger partial charge is 0.207 e. The molecular weight excluding hydrogens is 629 g/mol. The van der Waals surface area contributed by atoms with E-state index >= 15 is 0 Å². The van der Waals surface area contributed by atoms with Crippen molar-refractivity contribution in [3.05, 3.63) is 105 Å². The molecule has 4 nitrogen and oxygen atoms in total. The molecule has 2 N–H and O–H groups in total. The Morgan fingerprint density at radius 1 is 0.471 bits per heavy atom. The summed E-state index contributed by atoms with van der Waals surface area (Å²) in [5.74, 6) is 0.354. The topological polar surface area (TPSA) is 58.9 Å². The van der Waals surface area contributed by atoms with E-state index in [1.54, 1.807) is 6.92 Å². The minimum Gasteiger partial charge on any atom is -0.504 e. The molecule has 0 bridgehead atoms. The number of rotatable bonds is 25. The maximum absolute atomic E-state index is 10.7. The fourth-order valence-corrected chi connectivity index (χ4v) is 6.07. The highest BCUT2D eigenvalue weighted by Crippen LogP contribution is 2.48. The standard InChI is InChI=1S/C47H72O4/c1-12-13-20-35(2)21-14-22-36(3)23-15-24-37(4)25-16-26-38(5)27-17-28-39(6)29-18-30-40(7)31-19-32-41(8)33-34-43-42(9)44(48)46(50-10)47(51-11)45(43)49/h12,21,23,25,27,29,31,33,48-49H,1,13-20,22,24,26,28,30,32,34H2,2-11H3/b35-21+,36-23+,37-25+,38-27+,39-29+,40-31+,41-33+. The zero-order chi connectivity index (χ0) is 38.2. The first-order valence-corrected chi connectivity index (χ1v) is 19.2. The Bertz CT molecular complexity index is 1440. The van der Waals surface area contributed by atoms with Crippen molar-refractivity contribution in [2.75, 3.05) is 14.2 Å². The van der Waals surface area contributed by atoms with Crippen LogP contribution in [0.3, 0.4) is 0 Å². The summed E-state index contributed by atoms with van der Waals surface area (Å²) in [6.45, 7) is 21.3. The monoisotopic (exact) mass is 701 g/mol. The fourth-order valence-electron chi connectivity index (χ4n) is 6.07. The number of phenolic OH excluding ortho intramolecular Hbond substituents is 2. The number of aromatic hydroxyl groups is 2. The summed E-state index contributed by atoms with van der Waals surface area (Å²) in [6.07, 6.45) is 34.5. The van der Waals surface area contributed by atoms with E-state index < -0.39 is 0 Å². The van der Waals surface area contributed by atoms with Gasteiger partial charge in [0.25, 0.3) is 0 Å². The second kappa shape index (κ2) is 26.2. The SMILES string of the molecule is C=CCC/C(C)=C/CC/C(C)=C/CC/C(C)=C/CC/C(C)=C/CC/C(C)=C/CC/C(C)=C/CC/C(C)=C/Cc1c(C)c(O)c(OC)c(OC)c1O. The molecule has 0 aliphatic heterocycles. The summed E-state index contributed by atoms with van der Waals surface area (Å²) in [6, 6.07) is 0. The first-order chi connectivity index (χ1) is 24.3. The van der Waals surface area contributed by atoms with Crippen molar-refractivity contribution < 1.29 is 19.7 Å². The van der Waals surface area contributed by atoms with Gasteiger partial charge in [-0.05, 0) is 152 Å². The molecule has 0 atom stereocenters. The molecule has 0 aliphatic carbocycles. The van der Waals surface area contributed by atoms with Gasteiger partial charge in [-0.25, -0.2) is 0 Å². The molecule has 1 aromatic rings. The molecule has 0 amide bonds. The van der Waals surface area contributed by atoms with Gasteiger partial charge in [-0.1, -0.05) is 87.6 Å². The lowest BCUT2D eigenvalue weighted by Gasteiger charge is -2.17. The summed E-state index contributed by atoms with van der Waals surface area (Å²) in [5.41, 5.74) is 11.4. The first kappa shape index (κ1) is 45.4. The molecule has 0 fully saturated rings. The van der Waals surface area contributed by atoms with Crippen LogP contribution in [-0.2, 0) is 6.42 Å². The van der Waals surface area contributed by atoms with Gasteiger partial charge in [0.15, 0.2) is 11.5 Å². The number of ether oxygens (including phenoxy) is 2. The predicted octanol–water partition coefficient (Wildman–Crippen LogP) is 14.2. The second-order valence-electron chi connectivity index (χ2n) is 14.5. The van der Waals surface area contributed by atoms with E-state index in [2.05, 4.69) is 97.6 Å². The number of benzene rings is 1. The Balaban J connectivity index is 2.37. The van der Waals surface area contributed by atoms with Gasteiger partial charge in [0.2, 0.25) is 11.5 Å². The van der Waals surface area contributed by atoms with Crippen LogP contribution >= 0.6 is 0 Å². The van der Waals surface area contributed by atoms with Gasteiger partial charge in [0.05, 0.1) is 14.2 Å². The third-order valence-corrected chi connectivity index (χ3v) is 9.72. The van der Waals surface area contributed by atoms with Crippen LogP contribution in [0.4, 0.5) is 0 Å². The highest BCUT2D eigenvalue weighted by Gasteiger charge is 2.22. The van der Waals surface area contributed by atoms with Crippen LogP contribution in [-0.4, -0.2) is 24.4 Å². The second-order valence-corrected chi connectivity index (χ2v) is 14.5. The summed E-state index contributed by atoms with van der Waals surface area (Å²) < 4.78 is 10.5. The van der Waals surface area contributed by atoms with E-state index in [0.29, 0.717) is 17.5 Å². The minimum atomic E-state index is 0.00600. The van der Waals surface area contributed by atoms with Crippen LogP contribution in [0.15, 0.2) is 94.2 Å². The fraction of sp³-hybridized carbons (Fsp3) is 0.532. The van der Waals surface area contributed by atoms with E-state index in [4.69, 9.17) is 9.47 Å². The van der Waals surface area contributed by atoms with E-state index in [-0.39, 0.29) is 23.0 Å². The third kappa shape index (κ3) is 18.9.